The van der Waals surface area contributed by atoms with Gasteiger partial charge in [0.25, 0.3) is 0 Å². The minimum absolute atomic E-state index is 0.0282. The fraction of sp³-hybridized carbons (Fsp3) is 0.533. The van der Waals surface area contributed by atoms with Crippen molar-refractivity contribution in [1.82, 2.24) is 5.32 Å². The summed E-state index contributed by atoms with van der Waals surface area (Å²) in [5.41, 5.74) is 7.77. The quantitative estimate of drug-likeness (QED) is 0.440. The minimum Gasteiger partial charge on any atom is -0.398 e. The van der Waals surface area contributed by atoms with Crippen LogP contribution in [0.25, 0.3) is 0 Å². The third-order valence-corrected chi connectivity index (χ3v) is 3.81. The summed E-state index contributed by atoms with van der Waals surface area (Å²) in [6.07, 6.45) is 1.08. The summed E-state index contributed by atoms with van der Waals surface area (Å²) in [6.45, 7) is 7.29. The normalized spacial score (nSPS) is 10.8. The van der Waals surface area contributed by atoms with Crippen LogP contribution < -0.4 is 11.1 Å². The van der Waals surface area contributed by atoms with Crippen LogP contribution in [0.4, 0.5) is 5.69 Å². The molecule has 112 valence electrons. The van der Waals surface area contributed by atoms with Gasteiger partial charge in [0.05, 0.1) is 11.9 Å². The maximum Gasteiger partial charge on any atom is 0.230 e. The van der Waals surface area contributed by atoms with E-state index >= 15 is 0 Å². The van der Waals surface area contributed by atoms with E-state index in [1.54, 1.807) is 0 Å². The van der Waals surface area contributed by atoms with Crippen LogP contribution in [0.1, 0.15) is 25.8 Å². The molecule has 0 saturated heterocycles. The molecule has 5 heteroatoms. The first-order valence-corrected chi connectivity index (χ1v) is 7.85. The second-order valence-electron chi connectivity index (χ2n) is 4.90. The van der Waals surface area contributed by atoms with E-state index in [0.717, 1.165) is 22.6 Å². The van der Waals surface area contributed by atoms with Crippen LogP contribution in [0.5, 0.6) is 0 Å². The van der Waals surface area contributed by atoms with E-state index in [-0.39, 0.29) is 12.0 Å². The second-order valence-corrected chi connectivity index (χ2v) is 5.92. The molecule has 0 unspecified atom stereocenters. The number of nitrogens with one attached hydrogen (secondary N) is 1. The van der Waals surface area contributed by atoms with Gasteiger partial charge in [-0.2, -0.15) is 0 Å². The van der Waals surface area contributed by atoms with Crippen molar-refractivity contribution in [2.45, 2.75) is 38.2 Å². The summed E-state index contributed by atoms with van der Waals surface area (Å²) >= 11 is 1.47. The predicted octanol–water partition coefficient (Wildman–Crippen LogP) is 2.60. The number of ether oxygens (including phenoxy) is 1. The molecule has 0 spiro atoms. The van der Waals surface area contributed by atoms with Crippen molar-refractivity contribution in [2.24, 2.45) is 0 Å². The molecule has 0 saturated carbocycles. The number of thioether (sulfide) groups is 1. The van der Waals surface area contributed by atoms with Crippen molar-refractivity contribution in [3.8, 4) is 0 Å². The first-order chi connectivity index (χ1) is 9.50. The Kier molecular flexibility index (Phi) is 7.47. The van der Waals surface area contributed by atoms with Gasteiger partial charge < -0.3 is 15.8 Å². The Balaban J connectivity index is 2.21. The lowest BCUT2D eigenvalue weighted by Crippen LogP contribution is -2.27. The smallest absolute Gasteiger partial charge is 0.230 e. The molecule has 1 amide bonds. The number of nitrogen functional groups attached to an aromatic ring is 1. The molecule has 4 nitrogen and oxygen atoms in total. The summed E-state index contributed by atoms with van der Waals surface area (Å²) in [5, 5.41) is 2.88. The zero-order valence-corrected chi connectivity index (χ0v) is 13.3. The molecule has 1 rings (SSSR count). The van der Waals surface area contributed by atoms with Crippen molar-refractivity contribution in [3.05, 3.63) is 23.8 Å². The van der Waals surface area contributed by atoms with Crippen molar-refractivity contribution in [3.63, 3.8) is 0 Å². The highest BCUT2D eigenvalue weighted by Crippen LogP contribution is 2.26. The topological polar surface area (TPSA) is 64.3 Å². The fourth-order valence-electron chi connectivity index (χ4n) is 1.59. The van der Waals surface area contributed by atoms with Gasteiger partial charge in [0, 0.05) is 23.7 Å². The van der Waals surface area contributed by atoms with Gasteiger partial charge >= 0.3 is 0 Å². The first kappa shape index (κ1) is 16.9. The van der Waals surface area contributed by atoms with Gasteiger partial charge in [-0.25, -0.2) is 0 Å². The van der Waals surface area contributed by atoms with Crippen LogP contribution in [-0.2, 0) is 9.53 Å². The van der Waals surface area contributed by atoms with Crippen LogP contribution in [0.3, 0.4) is 0 Å². The van der Waals surface area contributed by atoms with Gasteiger partial charge in [0.1, 0.15) is 0 Å². The lowest BCUT2D eigenvalue weighted by Gasteiger charge is -2.09. The summed E-state index contributed by atoms with van der Waals surface area (Å²) in [4.78, 5) is 12.7. The van der Waals surface area contributed by atoms with Crippen LogP contribution in [0.15, 0.2) is 23.1 Å². The molecule has 0 aliphatic rings. The standard InChI is InChI=1S/C15H24N2O2S/c1-11(2)19-9-5-8-17-14(18)10-20-13-7-4-6-12(3)15(13)16/h4,6-7,11H,5,8-10,16H2,1-3H3,(H,17,18). The van der Waals surface area contributed by atoms with Crippen LogP contribution in [-0.4, -0.2) is 30.9 Å². The number of hydrogen-bond donors (Lipinski definition) is 2. The Labute approximate surface area is 125 Å². The molecule has 0 heterocycles. The molecule has 3 N–H and O–H groups in total. The molecule has 0 aliphatic carbocycles. The SMILES string of the molecule is Cc1cccc(SCC(=O)NCCCOC(C)C)c1N. The highest BCUT2D eigenvalue weighted by atomic mass is 32.2. The molecule has 1 aromatic rings. The molecule has 0 aromatic heterocycles. The number of benzene rings is 1. The lowest BCUT2D eigenvalue weighted by molar-refractivity contribution is -0.118. The van der Waals surface area contributed by atoms with E-state index in [1.807, 2.05) is 39.0 Å². The number of rotatable bonds is 8. The molecular weight excluding hydrogens is 272 g/mol. The van der Waals surface area contributed by atoms with Gasteiger partial charge in [0.15, 0.2) is 0 Å². The van der Waals surface area contributed by atoms with Gasteiger partial charge in [-0.05, 0) is 38.8 Å². The summed E-state index contributed by atoms with van der Waals surface area (Å²) in [5.74, 6) is 0.416. The van der Waals surface area contributed by atoms with Gasteiger partial charge in [-0.1, -0.05) is 12.1 Å². The van der Waals surface area contributed by atoms with Gasteiger partial charge in [-0.3, -0.25) is 4.79 Å². The Hall–Kier alpha value is -1.20. The molecule has 0 fully saturated rings. The number of aryl methyl sites for hydroxylation is 1. The Morgan fingerprint density at radius 2 is 2.20 bits per heavy atom. The van der Waals surface area contributed by atoms with E-state index in [4.69, 9.17) is 10.5 Å². The largest absolute Gasteiger partial charge is 0.398 e. The Morgan fingerprint density at radius 1 is 1.45 bits per heavy atom. The number of carbonyl (C=O) groups excluding carboxylic acids is 1. The number of anilines is 1. The number of nitrogens with two attached hydrogens (primary N) is 1. The molecule has 0 aliphatic heterocycles. The summed E-state index contributed by atoms with van der Waals surface area (Å²) in [7, 11) is 0. The fourth-order valence-corrected chi connectivity index (χ4v) is 2.47. The molecule has 0 atom stereocenters. The average molecular weight is 296 g/mol. The Morgan fingerprint density at radius 3 is 2.90 bits per heavy atom. The zero-order valence-electron chi connectivity index (χ0n) is 12.4. The van der Waals surface area contributed by atoms with Gasteiger partial charge in [-0.15, -0.1) is 11.8 Å². The number of amides is 1. The van der Waals surface area contributed by atoms with Crippen molar-refractivity contribution in [1.29, 1.82) is 0 Å². The van der Waals surface area contributed by atoms with E-state index in [9.17, 15) is 4.79 Å². The molecule has 0 bridgehead atoms. The monoisotopic (exact) mass is 296 g/mol. The highest BCUT2D eigenvalue weighted by molar-refractivity contribution is 8.00. The number of carbonyl (C=O) groups is 1. The van der Waals surface area contributed by atoms with E-state index in [2.05, 4.69) is 5.32 Å². The Bertz CT molecular complexity index is 436. The summed E-state index contributed by atoms with van der Waals surface area (Å²) in [6, 6.07) is 5.86. The predicted molar refractivity (Wildman–Crippen MR) is 85.0 cm³/mol. The molecule has 20 heavy (non-hydrogen) atoms. The minimum atomic E-state index is 0.0282. The second kappa shape index (κ2) is 8.87. The number of hydrogen-bond acceptors (Lipinski definition) is 4. The van der Waals surface area contributed by atoms with E-state index in [1.165, 1.54) is 11.8 Å². The third kappa shape index (κ3) is 6.30. The number of para-hydroxylation sites is 1. The van der Waals surface area contributed by atoms with Crippen LogP contribution in [0.2, 0.25) is 0 Å². The zero-order chi connectivity index (χ0) is 15.0. The molecule has 1 aromatic carbocycles. The van der Waals surface area contributed by atoms with E-state index in [0.29, 0.717) is 18.9 Å². The van der Waals surface area contributed by atoms with Crippen molar-refractivity contribution >= 4 is 23.4 Å². The third-order valence-electron chi connectivity index (χ3n) is 2.74. The summed E-state index contributed by atoms with van der Waals surface area (Å²) < 4.78 is 5.41. The van der Waals surface area contributed by atoms with Crippen LogP contribution in [0, 0.1) is 6.92 Å². The molecule has 0 radical (unpaired) electrons. The van der Waals surface area contributed by atoms with Crippen molar-refractivity contribution in [2.75, 3.05) is 24.6 Å². The van der Waals surface area contributed by atoms with E-state index < -0.39 is 0 Å². The van der Waals surface area contributed by atoms with Crippen molar-refractivity contribution < 1.29 is 9.53 Å². The average Bonchev–Trinajstić information content (AvgIpc) is 2.39. The van der Waals surface area contributed by atoms with Gasteiger partial charge in [0.2, 0.25) is 5.91 Å². The highest BCUT2D eigenvalue weighted by Gasteiger charge is 2.06. The lowest BCUT2D eigenvalue weighted by atomic mass is 10.2. The first-order valence-electron chi connectivity index (χ1n) is 6.87. The molecular formula is C15H24N2O2S. The maximum absolute atomic E-state index is 11.7. The maximum atomic E-state index is 11.7. The van der Waals surface area contributed by atoms with Crippen LogP contribution >= 0.6 is 11.8 Å².